The Bertz CT molecular complexity index is 1230. The summed E-state index contributed by atoms with van der Waals surface area (Å²) in [5.74, 6) is 0.517. The molecule has 3 aromatic rings. The second kappa shape index (κ2) is 9.84. The van der Waals surface area contributed by atoms with Gasteiger partial charge in [-0.15, -0.1) is 0 Å². The zero-order valence-corrected chi connectivity index (χ0v) is 19.1. The Balaban J connectivity index is 2.06. The molecular formula is C22H25N3O6S. The van der Waals surface area contributed by atoms with E-state index >= 15 is 0 Å². The number of nitrogens with zero attached hydrogens (tertiary/aromatic N) is 1. The fraction of sp³-hybridized carbons (Fsp3) is 0.273. The highest BCUT2D eigenvalue weighted by molar-refractivity contribution is 7.89. The quantitative estimate of drug-likeness (QED) is 0.469. The summed E-state index contributed by atoms with van der Waals surface area (Å²) in [6, 6.07) is 9.90. The normalized spacial score (nSPS) is 11.2. The smallest absolute Gasteiger partial charge is 0.341 e. The van der Waals surface area contributed by atoms with Crippen LogP contribution in [0.25, 0.3) is 10.9 Å². The first-order valence-corrected chi connectivity index (χ1v) is 11.3. The minimum atomic E-state index is -3.52. The molecule has 0 saturated carbocycles. The molecule has 1 heterocycles. The maximum atomic E-state index is 12.6. The van der Waals surface area contributed by atoms with Gasteiger partial charge in [0.25, 0.3) is 0 Å². The van der Waals surface area contributed by atoms with E-state index in [1.165, 1.54) is 39.6 Å². The van der Waals surface area contributed by atoms with Crippen molar-refractivity contribution in [3.63, 3.8) is 0 Å². The Morgan fingerprint density at radius 1 is 1.03 bits per heavy atom. The first-order valence-electron chi connectivity index (χ1n) is 9.83. The van der Waals surface area contributed by atoms with E-state index in [0.29, 0.717) is 34.6 Å². The van der Waals surface area contributed by atoms with E-state index in [0.717, 1.165) is 5.56 Å². The maximum Gasteiger partial charge on any atom is 0.341 e. The van der Waals surface area contributed by atoms with Crippen molar-refractivity contribution >= 4 is 32.6 Å². The van der Waals surface area contributed by atoms with Gasteiger partial charge in [-0.25, -0.2) is 17.9 Å². The molecule has 1 aromatic heterocycles. The summed E-state index contributed by atoms with van der Waals surface area (Å²) in [5, 5.41) is 3.84. The van der Waals surface area contributed by atoms with Gasteiger partial charge in [-0.2, -0.15) is 0 Å². The van der Waals surface area contributed by atoms with E-state index in [4.69, 9.17) is 14.2 Å². The highest BCUT2D eigenvalue weighted by atomic mass is 32.2. The Morgan fingerprint density at radius 3 is 2.28 bits per heavy atom. The maximum absolute atomic E-state index is 12.6. The number of rotatable bonds is 9. The molecule has 2 aromatic carbocycles. The Morgan fingerprint density at radius 2 is 1.69 bits per heavy atom. The lowest BCUT2D eigenvalue weighted by atomic mass is 10.1. The van der Waals surface area contributed by atoms with Crippen LogP contribution in [0.4, 0.5) is 5.69 Å². The molecule has 0 aliphatic heterocycles. The molecule has 170 valence electrons. The van der Waals surface area contributed by atoms with Crippen LogP contribution in [0.15, 0.2) is 47.5 Å². The minimum Gasteiger partial charge on any atom is -0.496 e. The molecule has 0 unspecified atom stereocenters. The highest BCUT2D eigenvalue weighted by Gasteiger charge is 2.21. The standard InChI is InChI=1S/C22H25N3O6S/c1-5-31-22(26)16-13-25-21-18(30-4)11-10-17(29-3)19(21)20(16)24-12-14-6-8-15(9-7-14)32(27,28)23-2/h6-11,13,23H,5,12H2,1-4H3,(H,24,25). The van der Waals surface area contributed by atoms with Gasteiger partial charge in [-0.3, -0.25) is 4.98 Å². The molecule has 0 aliphatic carbocycles. The molecule has 0 fully saturated rings. The summed E-state index contributed by atoms with van der Waals surface area (Å²) in [7, 11) is 0.905. The van der Waals surface area contributed by atoms with Crippen molar-refractivity contribution in [3.05, 3.63) is 53.7 Å². The van der Waals surface area contributed by atoms with E-state index < -0.39 is 16.0 Å². The van der Waals surface area contributed by atoms with Crippen LogP contribution in [0.2, 0.25) is 0 Å². The number of anilines is 1. The molecule has 0 aliphatic rings. The SMILES string of the molecule is CCOC(=O)c1cnc2c(OC)ccc(OC)c2c1NCc1ccc(S(=O)(=O)NC)cc1. The number of esters is 1. The molecule has 2 N–H and O–H groups in total. The number of carbonyl (C=O) groups excluding carboxylic acids is 1. The lowest BCUT2D eigenvalue weighted by Gasteiger charge is -2.17. The number of sulfonamides is 1. The van der Waals surface area contributed by atoms with Crippen LogP contribution in [0.1, 0.15) is 22.8 Å². The number of hydrogen-bond donors (Lipinski definition) is 2. The molecule has 32 heavy (non-hydrogen) atoms. The summed E-state index contributed by atoms with van der Waals surface area (Å²) in [6.07, 6.45) is 1.44. The van der Waals surface area contributed by atoms with Gasteiger partial charge in [0.15, 0.2) is 0 Å². The third-order valence-electron chi connectivity index (χ3n) is 4.85. The number of carbonyl (C=O) groups is 1. The lowest BCUT2D eigenvalue weighted by molar-refractivity contribution is 0.0527. The molecule has 0 saturated heterocycles. The summed E-state index contributed by atoms with van der Waals surface area (Å²) in [5.41, 5.74) is 2.07. The van der Waals surface area contributed by atoms with Crippen LogP contribution in [-0.2, 0) is 21.3 Å². The van der Waals surface area contributed by atoms with E-state index in [9.17, 15) is 13.2 Å². The molecule has 0 atom stereocenters. The van der Waals surface area contributed by atoms with Crippen molar-refractivity contribution in [2.45, 2.75) is 18.4 Å². The third-order valence-corrected chi connectivity index (χ3v) is 6.28. The number of aromatic nitrogens is 1. The summed E-state index contributed by atoms with van der Waals surface area (Å²) < 4.78 is 42.3. The van der Waals surface area contributed by atoms with Crippen molar-refractivity contribution in [1.82, 2.24) is 9.71 Å². The van der Waals surface area contributed by atoms with Gasteiger partial charge in [0.2, 0.25) is 10.0 Å². The summed E-state index contributed by atoms with van der Waals surface area (Å²) in [6.45, 7) is 2.25. The Labute approximate surface area is 186 Å². The van der Waals surface area contributed by atoms with Gasteiger partial charge in [-0.1, -0.05) is 12.1 Å². The predicted molar refractivity (Wildman–Crippen MR) is 121 cm³/mol. The zero-order chi connectivity index (χ0) is 23.3. The average Bonchev–Trinajstić information content (AvgIpc) is 2.81. The number of fused-ring (bicyclic) bond motifs is 1. The number of benzene rings is 2. The molecule has 3 rings (SSSR count). The fourth-order valence-electron chi connectivity index (χ4n) is 3.23. The number of ether oxygens (including phenoxy) is 3. The largest absolute Gasteiger partial charge is 0.496 e. The monoisotopic (exact) mass is 459 g/mol. The molecule has 10 heteroatoms. The summed E-state index contributed by atoms with van der Waals surface area (Å²) >= 11 is 0. The molecule has 0 spiro atoms. The second-order valence-electron chi connectivity index (χ2n) is 6.67. The first-order chi connectivity index (χ1) is 15.4. The van der Waals surface area contributed by atoms with Crippen molar-refractivity contribution in [2.75, 3.05) is 33.2 Å². The number of hydrogen-bond acceptors (Lipinski definition) is 8. The molecule has 0 amide bonds. The number of methoxy groups -OCH3 is 2. The van der Waals surface area contributed by atoms with Crippen LogP contribution in [-0.4, -0.2) is 47.2 Å². The Hall–Kier alpha value is -3.37. The number of pyridine rings is 1. The van der Waals surface area contributed by atoms with Crippen LogP contribution < -0.4 is 19.5 Å². The topological polar surface area (TPSA) is 116 Å². The molecule has 0 radical (unpaired) electrons. The molecular weight excluding hydrogens is 434 g/mol. The zero-order valence-electron chi connectivity index (χ0n) is 18.3. The minimum absolute atomic E-state index is 0.164. The average molecular weight is 460 g/mol. The first kappa shape index (κ1) is 23.3. The van der Waals surface area contributed by atoms with Crippen molar-refractivity contribution in [1.29, 1.82) is 0 Å². The number of nitrogens with one attached hydrogen (secondary N) is 2. The van der Waals surface area contributed by atoms with Crippen molar-refractivity contribution < 1.29 is 27.4 Å². The van der Waals surface area contributed by atoms with Gasteiger partial charge >= 0.3 is 5.97 Å². The van der Waals surface area contributed by atoms with E-state index in [2.05, 4.69) is 15.0 Å². The van der Waals surface area contributed by atoms with Crippen LogP contribution in [0.5, 0.6) is 11.5 Å². The van der Waals surface area contributed by atoms with Crippen molar-refractivity contribution in [2.24, 2.45) is 0 Å². The van der Waals surface area contributed by atoms with Crippen LogP contribution >= 0.6 is 0 Å². The molecule has 0 bridgehead atoms. The van der Waals surface area contributed by atoms with Gasteiger partial charge in [-0.05, 0) is 43.8 Å². The van der Waals surface area contributed by atoms with Crippen LogP contribution in [0, 0.1) is 0 Å². The van der Waals surface area contributed by atoms with E-state index in [1.807, 2.05) is 0 Å². The van der Waals surface area contributed by atoms with Gasteiger partial charge in [0.1, 0.15) is 22.6 Å². The van der Waals surface area contributed by atoms with E-state index in [-0.39, 0.29) is 17.1 Å². The fourth-order valence-corrected chi connectivity index (χ4v) is 3.96. The molecule has 9 nitrogen and oxygen atoms in total. The Kier molecular flexibility index (Phi) is 7.16. The van der Waals surface area contributed by atoms with Gasteiger partial charge < -0.3 is 19.5 Å². The lowest BCUT2D eigenvalue weighted by Crippen LogP contribution is -2.18. The van der Waals surface area contributed by atoms with Gasteiger partial charge in [0.05, 0.1) is 36.8 Å². The van der Waals surface area contributed by atoms with E-state index in [1.54, 1.807) is 31.2 Å². The van der Waals surface area contributed by atoms with Gasteiger partial charge in [0, 0.05) is 12.7 Å². The van der Waals surface area contributed by atoms with Crippen LogP contribution in [0.3, 0.4) is 0 Å². The third kappa shape index (κ3) is 4.61. The predicted octanol–water partition coefficient (Wildman–Crippen LogP) is 2.95. The second-order valence-corrected chi connectivity index (χ2v) is 8.55. The summed E-state index contributed by atoms with van der Waals surface area (Å²) in [4.78, 5) is 17.2. The van der Waals surface area contributed by atoms with Crippen molar-refractivity contribution in [3.8, 4) is 11.5 Å². The highest BCUT2D eigenvalue weighted by Crippen LogP contribution is 2.39.